The maximum Gasteiger partial charge on any atom is 0.321 e. The van der Waals surface area contributed by atoms with Crippen LogP contribution in [0.3, 0.4) is 0 Å². The number of tetrazole rings is 1. The molecule has 96 valence electrons. The molecule has 10 heteroatoms. The van der Waals surface area contributed by atoms with Crippen molar-refractivity contribution >= 4 is 12.0 Å². The molecule has 2 amide bonds. The number of rotatable bonds is 5. The summed E-state index contributed by atoms with van der Waals surface area (Å²) in [4.78, 5) is 15.4. The second-order valence-corrected chi connectivity index (χ2v) is 3.38. The minimum absolute atomic E-state index is 0.272. The summed E-state index contributed by atoms with van der Waals surface area (Å²) < 4.78 is 1.62. The van der Waals surface area contributed by atoms with E-state index in [4.69, 9.17) is 0 Å². The van der Waals surface area contributed by atoms with Crippen LogP contribution in [0.25, 0.3) is 0 Å². The number of H-pyrrole nitrogens is 1. The average Bonchev–Trinajstić information content (AvgIpc) is 3.00. The normalized spacial score (nSPS) is 10.3. The Labute approximate surface area is 102 Å². The Bertz CT molecular complexity index is 490. The van der Waals surface area contributed by atoms with Gasteiger partial charge in [-0.1, -0.05) is 5.21 Å². The maximum atomic E-state index is 11.5. The van der Waals surface area contributed by atoms with E-state index in [-0.39, 0.29) is 12.0 Å². The highest BCUT2D eigenvalue weighted by Crippen LogP contribution is 1.95. The summed E-state index contributed by atoms with van der Waals surface area (Å²) >= 11 is 0. The lowest BCUT2D eigenvalue weighted by Gasteiger charge is -2.02. The fourth-order valence-corrected chi connectivity index (χ4v) is 1.23. The molecule has 0 aliphatic carbocycles. The van der Waals surface area contributed by atoms with Crippen LogP contribution in [-0.2, 0) is 13.0 Å². The van der Waals surface area contributed by atoms with Crippen LogP contribution in [0.2, 0.25) is 0 Å². The van der Waals surface area contributed by atoms with E-state index in [0.29, 0.717) is 25.3 Å². The van der Waals surface area contributed by atoms with Gasteiger partial charge in [-0.05, 0) is 6.92 Å². The van der Waals surface area contributed by atoms with Crippen LogP contribution >= 0.6 is 0 Å². The number of carbonyl (C=O) groups is 1. The minimum Gasteiger partial charge on any atom is -0.337 e. The van der Waals surface area contributed by atoms with Gasteiger partial charge in [0.25, 0.3) is 0 Å². The van der Waals surface area contributed by atoms with Crippen molar-refractivity contribution in [3.8, 4) is 0 Å². The van der Waals surface area contributed by atoms with E-state index in [1.807, 2.05) is 6.92 Å². The summed E-state index contributed by atoms with van der Waals surface area (Å²) in [7, 11) is 0. The van der Waals surface area contributed by atoms with Gasteiger partial charge in [-0.3, -0.25) is 10.00 Å². The zero-order valence-electron chi connectivity index (χ0n) is 9.79. The van der Waals surface area contributed by atoms with Gasteiger partial charge in [0.2, 0.25) is 5.95 Å². The smallest absolute Gasteiger partial charge is 0.321 e. The third-order valence-electron chi connectivity index (χ3n) is 2.11. The fourth-order valence-electron chi connectivity index (χ4n) is 1.23. The average molecular weight is 251 g/mol. The second kappa shape index (κ2) is 5.70. The highest BCUT2D eigenvalue weighted by molar-refractivity contribution is 5.87. The van der Waals surface area contributed by atoms with Crippen molar-refractivity contribution in [2.75, 3.05) is 11.9 Å². The lowest BCUT2D eigenvalue weighted by atomic mass is 10.4. The van der Waals surface area contributed by atoms with Crippen LogP contribution in [0, 0.1) is 0 Å². The standard InChI is InChI=1S/C8H13N9O/c1-2-17-5-10-7(14-17)11-8(18)9-4-3-6-12-15-16-13-6/h5H,2-4H2,1H3,(H2,9,11,14,18)(H,12,13,15,16). The molecule has 0 saturated heterocycles. The van der Waals surface area contributed by atoms with E-state index in [1.165, 1.54) is 0 Å². The molecule has 10 nitrogen and oxygen atoms in total. The Kier molecular flexibility index (Phi) is 3.79. The number of hydrogen-bond donors (Lipinski definition) is 3. The first kappa shape index (κ1) is 12.0. The van der Waals surface area contributed by atoms with Gasteiger partial charge < -0.3 is 5.32 Å². The lowest BCUT2D eigenvalue weighted by molar-refractivity contribution is 0.252. The van der Waals surface area contributed by atoms with Gasteiger partial charge in [0.1, 0.15) is 6.33 Å². The molecule has 0 aliphatic heterocycles. The van der Waals surface area contributed by atoms with E-state index < -0.39 is 0 Å². The van der Waals surface area contributed by atoms with Crippen molar-refractivity contribution in [1.82, 2.24) is 40.7 Å². The minimum atomic E-state index is -0.368. The summed E-state index contributed by atoms with van der Waals surface area (Å²) in [6.07, 6.45) is 2.05. The number of aromatic nitrogens is 7. The molecule has 0 bridgehead atoms. The zero-order valence-corrected chi connectivity index (χ0v) is 9.79. The third kappa shape index (κ3) is 3.23. The zero-order chi connectivity index (χ0) is 12.8. The second-order valence-electron chi connectivity index (χ2n) is 3.38. The topological polar surface area (TPSA) is 126 Å². The summed E-state index contributed by atoms with van der Waals surface area (Å²) in [5.74, 6) is 0.817. The first-order valence-electron chi connectivity index (χ1n) is 5.44. The molecule has 0 aliphatic rings. The Morgan fingerprint density at radius 2 is 2.44 bits per heavy atom. The van der Waals surface area contributed by atoms with Gasteiger partial charge >= 0.3 is 6.03 Å². The molecular formula is C8H13N9O. The van der Waals surface area contributed by atoms with E-state index in [1.54, 1.807) is 11.0 Å². The van der Waals surface area contributed by atoms with Crippen molar-refractivity contribution in [3.05, 3.63) is 12.2 Å². The SMILES string of the molecule is CCn1cnc(NC(=O)NCCc2nn[nH]n2)n1. The highest BCUT2D eigenvalue weighted by Gasteiger charge is 2.05. The van der Waals surface area contributed by atoms with Crippen LogP contribution in [0.4, 0.5) is 10.7 Å². The van der Waals surface area contributed by atoms with Crippen LogP contribution in [0.5, 0.6) is 0 Å². The van der Waals surface area contributed by atoms with Crippen molar-refractivity contribution in [3.63, 3.8) is 0 Å². The number of nitrogens with one attached hydrogen (secondary N) is 3. The summed E-state index contributed by atoms with van der Waals surface area (Å²) in [6.45, 7) is 3.04. The van der Waals surface area contributed by atoms with Crippen LogP contribution in [0.15, 0.2) is 6.33 Å². The number of anilines is 1. The van der Waals surface area contributed by atoms with E-state index in [0.717, 1.165) is 0 Å². The van der Waals surface area contributed by atoms with Gasteiger partial charge in [0, 0.05) is 19.5 Å². The van der Waals surface area contributed by atoms with Gasteiger partial charge in [-0.2, -0.15) is 5.21 Å². The number of hydrogen-bond acceptors (Lipinski definition) is 6. The van der Waals surface area contributed by atoms with Gasteiger partial charge in [0.15, 0.2) is 5.82 Å². The molecule has 0 unspecified atom stereocenters. The molecule has 0 aromatic carbocycles. The van der Waals surface area contributed by atoms with Crippen LogP contribution in [0.1, 0.15) is 12.7 Å². The number of aromatic amines is 1. The highest BCUT2D eigenvalue weighted by atomic mass is 16.2. The molecule has 2 rings (SSSR count). The van der Waals surface area contributed by atoms with Crippen molar-refractivity contribution in [1.29, 1.82) is 0 Å². The third-order valence-corrected chi connectivity index (χ3v) is 2.11. The largest absolute Gasteiger partial charge is 0.337 e. The molecule has 2 heterocycles. The molecule has 2 aromatic rings. The number of aryl methyl sites for hydroxylation is 1. The Hall–Kier alpha value is -2.52. The Morgan fingerprint density at radius 3 is 3.11 bits per heavy atom. The van der Waals surface area contributed by atoms with Gasteiger partial charge in [0.05, 0.1) is 0 Å². The monoisotopic (exact) mass is 251 g/mol. The molecular weight excluding hydrogens is 238 g/mol. The van der Waals surface area contributed by atoms with Crippen LogP contribution in [-0.4, -0.2) is 48.0 Å². The molecule has 0 radical (unpaired) electrons. The number of amides is 2. The Balaban J connectivity index is 1.71. The van der Waals surface area contributed by atoms with Gasteiger partial charge in [-0.15, -0.1) is 15.3 Å². The molecule has 2 aromatic heterocycles. The molecule has 0 spiro atoms. The quantitative estimate of drug-likeness (QED) is 0.637. The fraction of sp³-hybridized carbons (Fsp3) is 0.500. The predicted octanol–water partition coefficient (Wildman–Crippen LogP) is -0.825. The molecule has 0 fully saturated rings. The Morgan fingerprint density at radius 1 is 1.56 bits per heavy atom. The van der Waals surface area contributed by atoms with Crippen molar-refractivity contribution < 1.29 is 4.79 Å². The van der Waals surface area contributed by atoms with E-state index >= 15 is 0 Å². The van der Waals surface area contributed by atoms with Crippen molar-refractivity contribution in [2.45, 2.75) is 19.9 Å². The first-order valence-corrected chi connectivity index (χ1v) is 5.44. The maximum absolute atomic E-state index is 11.5. The molecule has 0 atom stereocenters. The van der Waals surface area contributed by atoms with Gasteiger partial charge in [-0.25, -0.2) is 9.78 Å². The number of urea groups is 1. The lowest BCUT2D eigenvalue weighted by Crippen LogP contribution is -2.31. The predicted molar refractivity (Wildman–Crippen MR) is 60.6 cm³/mol. The molecule has 3 N–H and O–H groups in total. The van der Waals surface area contributed by atoms with E-state index in [2.05, 4.69) is 41.3 Å². The molecule has 18 heavy (non-hydrogen) atoms. The first-order chi connectivity index (χ1) is 8.78. The number of carbonyl (C=O) groups excluding carboxylic acids is 1. The van der Waals surface area contributed by atoms with Crippen molar-refractivity contribution in [2.24, 2.45) is 0 Å². The summed E-state index contributed by atoms with van der Waals surface area (Å²) in [5, 5.41) is 22.5. The van der Waals surface area contributed by atoms with E-state index in [9.17, 15) is 4.79 Å². The summed E-state index contributed by atoms with van der Waals surface area (Å²) in [6, 6.07) is -0.368. The number of nitrogens with zero attached hydrogens (tertiary/aromatic N) is 6. The van der Waals surface area contributed by atoms with Crippen LogP contribution < -0.4 is 10.6 Å². The molecule has 0 saturated carbocycles. The summed E-state index contributed by atoms with van der Waals surface area (Å²) in [5.41, 5.74) is 0.